The van der Waals surface area contributed by atoms with Gasteiger partial charge in [0.1, 0.15) is 5.75 Å². The van der Waals surface area contributed by atoms with Gasteiger partial charge in [0.25, 0.3) is 5.91 Å². The van der Waals surface area contributed by atoms with Crippen molar-refractivity contribution < 1.29 is 9.53 Å². The molecule has 2 rings (SSSR count). The Morgan fingerprint density at radius 1 is 1.18 bits per heavy atom. The predicted molar refractivity (Wildman–Crippen MR) is 90.1 cm³/mol. The molecule has 2 aromatic carbocycles. The second kappa shape index (κ2) is 6.98. The second-order valence-corrected chi connectivity index (χ2v) is 5.34. The minimum Gasteiger partial charge on any atom is -0.481 e. The third-order valence-corrected chi connectivity index (χ3v) is 3.60. The fourth-order valence-corrected chi connectivity index (χ4v) is 2.11. The van der Waals surface area contributed by atoms with Gasteiger partial charge < -0.3 is 15.8 Å². The number of anilines is 2. The lowest BCUT2D eigenvalue weighted by molar-refractivity contribution is -0.122. The molecule has 0 heterocycles. The third kappa shape index (κ3) is 3.79. The van der Waals surface area contributed by atoms with E-state index in [1.807, 2.05) is 63.2 Å². The van der Waals surface area contributed by atoms with Gasteiger partial charge >= 0.3 is 0 Å². The first-order valence-corrected chi connectivity index (χ1v) is 7.40. The summed E-state index contributed by atoms with van der Waals surface area (Å²) in [7, 11) is 0. The summed E-state index contributed by atoms with van der Waals surface area (Å²) in [5, 5.41) is 2.89. The average Bonchev–Trinajstić information content (AvgIpc) is 2.51. The zero-order valence-electron chi connectivity index (χ0n) is 13.2. The molecule has 0 fully saturated rings. The van der Waals surface area contributed by atoms with Crippen LogP contribution in [-0.4, -0.2) is 12.0 Å². The van der Waals surface area contributed by atoms with E-state index in [9.17, 15) is 4.79 Å². The summed E-state index contributed by atoms with van der Waals surface area (Å²) in [5.74, 6) is 0.522. The molecule has 1 amide bonds. The molecule has 0 saturated carbocycles. The number of hydrogen-bond acceptors (Lipinski definition) is 3. The van der Waals surface area contributed by atoms with Crippen LogP contribution in [0.2, 0.25) is 0 Å². The van der Waals surface area contributed by atoms with E-state index in [4.69, 9.17) is 10.5 Å². The fraction of sp³-hybridized carbons (Fsp3) is 0.278. The van der Waals surface area contributed by atoms with Gasteiger partial charge in [0.05, 0.1) is 0 Å². The average molecular weight is 298 g/mol. The Labute approximate surface area is 131 Å². The highest BCUT2D eigenvalue weighted by molar-refractivity contribution is 5.95. The topological polar surface area (TPSA) is 64.3 Å². The summed E-state index contributed by atoms with van der Waals surface area (Å²) in [6, 6.07) is 13.1. The van der Waals surface area contributed by atoms with Crippen LogP contribution in [0.15, 0.2) is 42.5 Å². The normalized spacial score (nSPS) is 11.8. The number of rotatable bonds is 5. The van der Waals surface area contributed by atoms with E-state index in [0.717, 1.165) is 16.8 Å². The molecule has 4 heteroatoms. The van der Waals surface area contributed by atoms with Gasteiger partial charge in [-0.2, -0.15) is 0 Å². The van der Waals surface area contributed by atoms with E-state index in [1.165, 1.54) is 0 Å². The monoisotopic (exact) mass is 298 g/mol. The summed E-state index contributed by atoms with van der Waals surface area (Å²) in [6.07, 6.45) is 0.0460. The quantitative estimate of drug-likeness (QED) is 0.828. The van der Waals surface area contributed by atoms with Crippen molar-refractivity contribution in [2.75, 3.05) is 11.1 Å². The molecular formula is C18H22N2O2. The van der Waals surface area contributed by atoms with Crippen LogP contribution < -0.4 is 15.8 Å². The molecule has 0 aliphatic heterocycles. The molecule has 0 unspecified atom stereocenters. The van der Waals surface area contributed by atoms with Crippen molar-refractivity contribution in [1.82, 2.24) is 0 Å². The minimum absolute atomic E-state index is 0.170. The van der Waals surface area contributed by atoms with Gasteiger partial charge in [-0.05, 0) is 50.1 Å². The van der Waals surface area contributed by atoms with E-state index in [-0.39, 0.29) is 5.91 Å². The van der Waals surface area contributed by atoms with Crippen molar-refractivity contribution in [3.63, 3.8) is 0 Å². The molecule has 0 spiro atoms. The van der Waals surface area contributed by atoms with Crippen molar-refractivity contribution in [3.05, 3.63) is 53.6 Å². The van der Waals surface area contributed by atoms with E-state index in [1.54, 1.807) is 0 Å². The first-order valence-electron chi connectivity index (χ1n) is 7.40. The first kappa shape index (κ1) is 15.9. The van der Waals surface area contributed by atoms with Crippen LogP contribution in [-0.2, 0) is 4.79 Å². The predicted octanol–water partition coefficient (Wildman–Crippen LogP) is 3.68. The molecule has 2 aromatic rings. The Kier molecular flexibility index (Phi) is 5.04. The number of nitrogens with two attached hydrogens (primary N) is 1. The highest BCUT2D eigenvalue weighted by Gasteiger charge is 2.19. The van der Waals surface area contributed by atoms with Gasteiger partial charge in [-0.15, -0.1) is 0 Å². The fourth-order valence-electron chi connectivity index (χ4n) is 2.11. The molecule has 0 radical (unpaired) electrons. The number of hydrogen-bond donors (Lipinski definition) is 2. The maximum absolute atomic E-state index is 12.4. The number of carbonyl (C=O) groups excluding carboxylic acids is 1. The van der Waals surface area contributed by atoms with E-state index >= 15 is 0 Å². The van der Waals surface area contributed by atoms with Crippen molar-refractivity contribution in [1.29, 1.82) is 0 Å². The van der Waals surface area contributed by atoms with Crippen molar-refractivity contribution >= 4 is 17.3 Å². The number of nitrogens with one attached hydrogen (secondary N) is 1. The van der Waals surface area contributed by atoms with E-state index in [0.29, 0.717) is 17.9 Å². The molecular weight excluding hydrogens is 276 g/mol. The molecule has 22 heavy (non-hydrogen) atoms. The van der Waals surface area contributed by atoms with Crippen molar-refractivity contribution in [3.8, 4) is 5.75 Å². The van der Waals surface area contributed by atoms with Gasteiger partial charge in [0, 0.05) is 11.4 Å². The van der Waals surface area contributed by atoms with Crippen LogP contribution in [0.4, 0.5) is 11.4 Å². The minimum atomic E-state index is -0.538. The number of nitrogen functional groups attached to an aromatic ring is 1. The Hall–Kier alpha value is -2.49. The van der Waals surface area contributed by atoms with Crippen molar-refractivity contribution in [2.45, 2.75) is 33.3 Å². The van der Waals surface area contributed by atoms with Gasteiger partial charge in [-0.3, -0.25) is 4.79 Å². The number of aryl methyl sites for hydroxylation is 1. The summed E-state index contributed by atoms with van der Waals surface area (Å²) in [4.78, 5) is 12.4. The largest absolute Gasteiger partial charge is 0.481 e. The lowest BCUT2D eigenvalue weighted by atomic mass is 10.1. The Morgan fingerprint density at radius 2 is 1.86 bits per heavy atom. The van der Waals surface area contributed by atoms with Gasteiger partial charge in [-0.1, -0.05) is 30.7 Å². The maximum atomic E-state index is 12.4. The Balaban J connectivity index is 2.08. The second-order valence-electron chi connectivity index (χ2n) is 5.34. The highest BCUT2D eigenvalue weighted by Crippen LogP contribution is 2.21. The molecule has 0 saturated heterocycles. The standard InChI is InChI=1S/C18H22N2O2/c1-4-17(22-14-10-8-12(2)9-11-14)18(21)20-16-7-5-6-15(19)13(16)3/h5-11,17H,4,19H2,1-3H3,(H,20,21)/t17-/m1/s1. The molecule has 1 atom stereocenters. The lowest BCUT2D eigenvalue weighted by Gasteiger charge is -2.18. The van der Waals surface area contributed by atoms with E-state index in [2.05, 4.69) is 5.32 Å². The lowest BCUT2D eigenvalue weighted by Crippen LogP contribution is -2.32. The zero-order valence-corrected chi connectivity index (χ0v) is 13.2. The SMILES string of the molecule is CC[C@@H](Oc1ccc(C)cc1)C(=O)Nc1cccc(N)c1C. The molecule has 0 aliphatic rings. The Bertz CT molecular complexity index is 651. The number of benzene rings is 2. The summed E-state index contributed by atoms with van der Waals surface area (Å²) in [6.45, 7) is 5.81. The van der Waals surface area contributed by atoms with E-state index < -0.39 is 6.10 Å². The van der Waals surface area contributed by atoms with Gasteiger partial charge in [0.2, 0.25) is 0 Å². The number of carbonyl (C=O) groups is 1. The highest BCUT2D eigenvalue weighted by atomic mass is 16.5. The van der Waals surface area contributed by atoms with Crippen LogP contribution in [0.1, 0.15) is 24.5 Å². The molecule has 116 valence electrons. The third-order valence-electron chi connectivity index (χ3n) is 3.60. The zero-order chi connectivity index (χ0) is 16.1. The summed E-state index contributed by atoms with van der Waals surface area (Å²) in [5.41, 5.74) is 9.25. The van der Waals surface area contributed by atoms with Gasteiger partial charge in [-0.25, -0.2) is 0 Å². The first-order chi connectivity index (χ1) is 10.5. The van der Waals surface area contributed by atoms with Gasteiger partial charge in [0.15, 0.2) is 6.10 Å². The molecule has 0 aliphatic carbocycles. The van der Waals surface area contributed by atoms with Crippen LogP contribution in [0.25, 0.3) is 0 Å². The molecule has 0 bridgehead atoms. The summed E-state index contributed by atoms with van der Waals surface area (Å²) >= 11 is 0. The number of ether oxygens (including phenoxy) is 1. The van der Waals surface area contributed by atoms with Crippen LogP contribution in [0.3, 0.4) is 0 Å². The molecule has 0 aromatic heterocycles. The van der Waals surface area contributed by atoms with Crippen LogP contribution >= 0.6 is 0 Å². The Morgan fingerprint density at radius 3 is 2.50 bits per heavy atom. The van der Waals surface area contributed by atoms with Crippen LogP contribution in [0.5, 0.6) is 5.75 Å². The summed E-state index contributed by atoms with van der Waals surface area (Å²) < 4.78 is 5.78. The molecule has 4 nitrogen and oxygen atoms in total. The number of amides is 1. The smallest absolute Gasteiger partial charge is 0.265 e. The maximum Gasteiger partial charge on any atom is 0.265 e. The molecule has 3 N–H and O–H groups in total. The van der Waals surface area contributed by atoms with Crippen LogP contribution in [0, 0.1) is 13.8 Å². The van der Waals surface area contributed by atoms with Crippen molar-refractivity contribution in [2.24, 2.45) is 0 Å².